The molecule has 2 N–H and O–H groups in total. The summed E-state index contributed by atoms with van der Waals surface area (Å²) >= 11 is 0. The lowest BCUT2D eigenvalue weighted by Crippen LogP contribution is -2.41. The van der Waals surface area contributed by atoms with Gasteiger partial charge in [0.05, 0.1) is 11.8 Å². The molecule has 2 aliphatic carbocycles. The monoisotopic (exact) mass is 438 g/mol. The standard InChI is InChI=1S/C24H30N4O4/c1-2-27-12-17-9-14(3-6-18(17)25-8-7-20(27)30)11-26-19(29)13-28-23(31)21-15-4-5-16(10-15)22(21)24(28)32/h3,6,9,15-16,21-22,25H,2,4-5,7-8,10-13H2,1H3,(H,26,29)/t15-,16+,21+,22?/m0/s1. The highest BCUT2D eigenvalue weighted by Crippen LogP contribution is 2.56. The Bertz CT molecular complexity index is 949. The lowest BCUT2D eigenvalue weighted by Gasteiger charge is -2.26. The topological polar surface area (TPSA) is 98.8 Å². The van der Waals surface area contributed by atoms with Crippen molar-refractivity contribution >= 4 is 29.3 Å². The van der Waals surface area contributed by atoms with Gasteiger partial charge >= 0.3 is 0 Å². The molecule has 8 heteroatoms. The first kappa shape index (κ1) is 21.0. The second-order valence-corrected chi connectivity index (χ2v) is 9.50. The molecule has 1 unspecified atom stereocenters. The van der Waals surface area contributed by atoms with Gasteiger partial charge in [0.2, 0.25) is 23.6 Å². The molecule has 1 aromatic carbocycles. The van der Waals surface area contributed by atoms with Crippen molar-refractivity contribution in [2.24, 2.45) is 23.7 Å². The number of benzene rings is 1. The molecule has 1 aromatic rings. The Hall–Kier alpha value is -2.90. The van der Waals surface area contributed by atoms with Crippen molar-refractivity contribution in [1.82, 2.24) is 15.1 Å². The fourth-order valence-corrected chi connectivity index (χ4v) is 6.13. The van der Waals surface area contributed by atoms with Gasteiger partial charge in [-0.25, -0.2) is 0 Å². The van der Waals surface area contributed by atoms with Gasteiger partial charge in [-0.2, -0.15) is 0 Å². The Labute approximate surface area is 187 Å². The zero-order chi connectivity index (χ0) is 22.4. The molecule has 0 radical (unpaired) electrons. The van der Waals surface area contributed by atoms with Crippen LogP contribution in [0.25, 0.3) is 0 Å². The fourth-order valence-electron chi connectivity index (χ4n) is 6.13. The molecule has 2 bridgehead atoms. The number of hydrogen-bond donors (Lipinski definition) is 2. The Kier molecular flexibility index (Phi) is 5.39. The largest absolute Gasteiger partial charge is 0.384 e. The van der Waals surface area contributed by atoms with E-state index < -0.39 is 0 Å². The minimum Gasteiger partial charge on any atom is -0.384 e. The molecule has 4 aliphatic rings. The molecular formula is C24H30N4O4. The van der Waals surface area contributed by atoms with Gasteiger partial charge in [-0.15, -0.1) is 0 Å². The van der Waals surface area contributed by atoms with Crippen LogP contribution in [0.1, 0.15) is 43.7 Å². The van der Waals surface area contributed by atoms with Gasteiger partial charge in [0.1, 0.15) is 6.54 Å². The van der Waals surface area contributed by atoms with Crippen LogP contribution in [0, 0.1) is 23.7 Å². The normalized spacial score (nSPS) is 28.8. The van der Waals surface area contributed by atoms with E-state index in [2.05, 4.69) is 10.6 Å². The summed E-state index contributed by atoms with van der Waals surface area (Å²) < 4.78 is 0. The maximum absolute atomic E-state index is 12.8. The Balaban J connectivity index is 1.21. The number of anilines is 1. The van der Waals surface area contributed by atoms with E-state index in [1.54, 1.807) is 0 Å². The number of likely N-dealkylation sites (tertiary alicyclic amines) is 1. The summed E-state index contributed by atoms with van der Waals surface area (Å²) in [7, 11) is 0. The highest BCUT2D eigenvalue weighted by atomic mass is 16.2. The molecule has 0 spiro atoms. The first-order chi connectivity index (χ1) is 15.5. The smallest absolute Gasteiger partial charge is 0.240 e. The third-order valence-corrected chi connectivity index (χ3v) is 7.73. The predicted molar refractivity (Wildman–Crippen MR) is 117 cm³/mol. The van der Waals surface area contributed by atoms with Crippen LogP contribution in [-0.4, -0.2) is 53.1 Å². The molecular weight excluding hydrogens is 408 g/mol. The van der Waals surface area contributed by atoms with E-state index in [4.69, 9.17) is 0 Å². The summed E-state index contributed by atoms with van der Waals surface area (Å²) in [4.78, 5) is 53.4. The molecule has 0 aromatic heterocycles. The summed E-state index contributed by atoms with van der Waals surface area (Å²) in [6.07, 6.45) is 3.52. The van der Waals surface area contributed by atoms with Gasteiger partial charge in [-0.1, -0.05) is 12.1 Å². The van der Waals surface area contributed by atoms with Crippen LogP contribution in [0.5, 0.6) is 0 Å². The van der Waals surface area contributed by atoms with Crippen LogP contribution in [0.2, 0.25) is 0 Å². The number of fused-ring (bicyclic) bond motifs is 6. The fraction of sp³-hybridized carbons (Fsp3) is 0.583. The number of hydrogen-bond acceptors (Lipinski definition) is 5. The number of carbonyl (C=O) groups excluding carboxylic acids is 4. The van der Waals surface area contributed by atoms with E-state index in [0.717, 1.165) is 36.1 Å². The average Bonchev–Trinajstić information content (AvgIpc) is 3.46. The molecule has 3 fully saturated rings. The van der Waals surface area contributed by atoms with Crippen molar-refractivity contribution in [2.75, 3.05) is 25.0 Å². The van der Waals surface area contributed by atoms with Gasteiger partial charge < -0.3 is 15.5 Å². The third kappa shape index (κ3) is 3.55. The molecule has 2 saturated carbocycles. The molecule has 1 saturated heterocycles. The van der Waals surface area contributed by atoms with Crippen molar-refractivity contribution in [3.63, 3.8) is 0 Å². The zero-order valence-electron chi connectivity index (χ0n) is 18.4. The quantitative estimate of drug-likeness (QED) is 0.679. The third-order valence-electron chi connectivity index (χ3n) is 7.73. The first-order valence-corrected chi connectivity index (χ1v) is 11.7. The van der Waals surface area contributed by atoms with Gasteiger partial charge in [0.15, 0.2) is 0 Å². The summed E-state index contributed by atoms with van der Waals surface area (Å²) in [6, 6.07) is 5.92. The molecule has 5 rings (SSSR count). The van der Waals surface area contributed by atoms with E-state index >= 15 is 0 Å². The van der Waals surface area contributed by atoms with Crippen molar-refractivity contribution in [3.8, 4) is 0 Å². The number of rotatable bonds is 5. The lowest BCUT2D eigenvalue weighted by molar-refractivity contribution is -0.144. The van der Waals surface area contributed by atoms with Gasteiger partial charge in [-0.3, -0.25) is 24.1 Å². The van der Waals surface area contributed by atoms with Crippen LogP contribution < -0.4 is 10.6 Å². The maximum Gasteiger partial charge on any atom is 0.240 e. The van der Waals surface area contributed by atoms with Crippen LogP contribution in [-0.2, 0) is 32.3 Å². The van der Waals surface area contributed by atoms with E-state index in [-0.39, 0.29) is 42.0 Å². The number of imide groups is 1. The molecule has 8 nitrogen and oxygen atoms in total. The van der Waals surface area contributed by atoms with Crippen LogP contribution >= 0.6 is 0 Å². The Morgan fingerprint density at radius 2 is 1.84 bits per heavy atom. The minimum absolute atomic E-state index is 0.127. The second-order valence-electron chi connectivity index (χ2n) is 9.50. The first-order valence-electron chi connectivity index (χ1n) is 11.7. The SMILES string of the molecule is CCN1Cc2cc(CNC(=O)CN3C(=O)C4[C@@H]5CC[C@@H](C5)[C@H]4C3=O)ccc2NCCC1=O. The molecule has 32 heavy (non-hydrogen) atoms. The Morgan fingerprint density at radius 3 is 2.53 bits per heavy atom. The zero-order valence-corrected chi connectivity index (χ0v) is 18.4. The number of carbonyl (C=O) groups is 4. The van der Waals surface area contributed by atoms with Crippen molar-refractivity contribution in [2.45, 2.75) is 45.7 Å². The second kappa shape index (κ2) is 8.22. The predicted octanol–water partition coefficient (Wildman–Crippen LogP) is 1.50. The number of nitrogens with one attached hydrogen (secondary N) is 2. The summed E-state index contributed by atoms with van der Waals surface area (Å²) in [6.45, 7) is 3.86. The van der Waals surface area contributed by atoms with E-state index in [0.29, 0.717) is 44.4 Å². The molecule has 4 atom stereocenters. The number of amides is 4. The van der Waals surface area contributed by atoms with Gasteiger partial charge in [0, 0.05) is 38.3 Å². The average molecular weight is 439 g/mol. The van der Waals surface area contributed by atoms with E-state index in [9.17, 15) is 19.2 Å². The number of nitrogens with zero attached hydrogens (tertiary/aromatic N) is 2. The molecule has 4 amide bonds. The van der Waals surface area contributed by atoms with Crippen LogP contribution in [0.4, 0.5) is 5.69 Å². The van der Waals surface area contributed by atoms with Crippen LogP contribution in [0.3, 0.4) is 0 Å². The Morgan fingerprint density at radius 1 is 1.12 bits per heavy atom. The maximum atomic E-state index is 12.8. The summed E-state index contributed by atoms with van der Waals surface area (Å²) in [5.74, 6) is -0.253. The molecule has 2 heterocycles. The molecule has 2 aliphatic heterocycles. The summed E-state index contributed by atoms with van der Waals surface area (Å²) in [5, 5.41) is 6.16. The van der Waals surface area contributed by atoms with Crippen molar-refractivity contribution in [3.05, 3.63) is 29.3 Å². The van der Waals surface area contributed by atoms with Crippen LogP contribution in [0.15, 0.2) is 18.2 Å². The van der Waals surface area contributed by atoms with E-state index in [1.165, 1.54) is 4.90 Å². The summed E-state index contributed by atoms with van der Waals surface area (Å²) in [5.41, 5.74) is 2.93. The van der Waals surface area contributed by atoms with Gasteiger partial charge in [-0.05, 0) is 55.2 Å². The van der Waals surface area contributed by atoms with Crippen molar-refractivity contribution in [1.29, 1.82) is 0 Å². The van der Waals surface area contributed by atoms with Crippen molar-refractivity contribution < 1.29 is 19.2 Å². The van der Waals surface area contributed by atoms with E-state index in [1.807, 2.05) is 30.0 Å². The molecule has 170 valence electrons. The highest BCUT2D eigenvalue weighted by molar-refractivity contribution is 6.08. The minimum atomic E-state index is -0.325. The van der Waals surface area contributed by atoms with Gasteiger partial charge in [0.25, 0.3) is 0 Å². The highest BCUT2D eigenvalue weighted by Gasteiger charge is 2.60. The lowest BCUT2D eigenvalue weighted by atomic mass is 9.81.